The predicted molar refractivity (Wildman–Crippen MR) is 68.3 cm³/mol. The Morgan fingerprint density at radius 3 is 2.33 bits per heavy atom. The van der Waals surface area contributed by atoms with Gasteiger partial charge in [0.05, 0.1) is 16.1 Å². The molecule has 1 aromatic rings. The van der Waals surface area contributed by atoms with Gasteiger partial charge in [-0.15, -0.1) is 0 Å². The van der Waals surface area contributed by atoms with Crippen molar-refractivity contribution in [2.45, 2.75) is 24.8 Å². The molecule has 100 valence electrons. The lowest BCUT2D eigenvalue weighted by molar-refractivity contribution is 0.0697. The summed E-state index contributed by atoms with van der Waals surface area (Å²) in [7, 11) is -2.16. The Morgan fingerprint density at radius 1 is 1.39 bits per heavy atom. The van der Waals surface area contributed by atoms with E-state index in [1.54, 1.807) is 11.9 Å². The minimum atomic E-state index is -3.90. The molecule has 0 saturated heterocycles. The fraction of sp³-hybridized carbons (Fsp3) is 0.364. The molecule has 0 fully saturated rings. The van der Waals surface area contributed by atoms with Gasteiger partial charge in [-0.2, -0.15) is 0 Å². The Morgan fingerprint density at radius 2 is 1.94 bits per heavy atom. The topological polar surface area (TPSA) is 101 Å². The zero-order valence-corrected chi connectivity index (χ0v) is 11.2. The Labute approximate surface area is 106 Å². The number of aromatic carboxylic acids is 1. The lowest BCUT2D eigenvalue weighted by Crippen LogP contribution is -2.27. The molecule has 0 atom stereocenters. The summed E-state index contributed by atoms with van der Waals surface area (Å²) in [5, 5.41) is 14.1. The summed E-state index contributed by atoms with van der Waals surface area (Å²) in [4.78, 5) is 12.7. The van der Waals surface area contributed by atoms with Crippen molar-refractivity contribution in [2.24, 2.45) is 5.14 Å². The smallest absolute Gasteiger partial charge is 0.337 e. The van der Waals surface area contributed by atoms with Crippen LogP contribution in [0, 0.1) is 0 Å². The molecule has 0 aliphatic rings. The molecule has 1 rings (SSSR count). The maximum atomic E-state index is 11.2. The van der Waals surface area contributed by atoms with Crippen molar-refractivity contribution in [3.8, 4) is 0 Å². The van der Waals surface area contributed by atoms with Gasteiger partial charge in [-0.1, -0.05) is 0 Å². The van der Waals surface area contributed by atoms with E-state index in [1.807, 2.05) is 13.8 Å². The van der Waals surface area contributed by atoms with E-state index < -0.39 is 16.0 Å². The van der Waals surface area contributed by atoms with E-state index in [-0.39, 0.29) is 16.5 Å². The van der Waals surface area contributed by atoms with Crippen molar-refractivity contribution in [1.29, 1.82) is 0 Å². The highest BCUT2D eigenvalue weighted by Gasteiger charge is 2.19. The van der Waals surface area contributed by atoms with Gasteiger partial charge >= 0.3 is 5.97 Å². The third-order valence-electron chi connectivity index (χ3n) is 2.68. The van der Waals surface area contributed by atoms with Crippen molar-refractivity contribution >= 4 is 21.7 Å². The maximum Gasteiger partial charge on any atom is 0.337 e. The van der Waals surface area contributed by atoms with Crippen LogP contribution in [-0.2, 0) is 10.0 Å². The zero-order chi connectivity index (χ0) is 14.1. The molecule has 3 N–H and O–H groups in total. The molecule has 0 spiro atoms. The highest BCUT2D eigenvalue weighted by molar-refractivity contribution is 7.89. The molecule has 0 aromatic heterocycles. The number of carbonyl (C=O) groups is 1. The third kappa shape index (κ3) is 2.99. The summed E-state index contributed by atoms with van der Waals surface area (Å²) in [5.41, 5.74) is 0.364. The second-order valence-electron chi connectivity index (χ2n) is 4.23. The summed E-state index contributed by atoms with van der Waals surface area (Å²) in [6.45, 7) is 3.80. The van der Waals surface area contributed by atoms with Gasteiger partial charge in [-0.3, -0.25) is 0 Å². The number of benzene rings is 1. The van der Waals surface area contributed by atoms with Gasteiger partial charge in [0.1, 0.15) is 0 Å². The van der Waals surface area contributed by atoms with Gasteiger partial charge in [0.25, 0.3) is 0 Å². The van der Waals surface area contributed by atoms with Gasteiger partial charge in [0, 0.05) is 13.1 Å². The van der Waals surface area contributed by atoms with Crippen molar-refractivity contribution in [3.63, 3.8) is 0 Å². The van der Waals surface area contributed by atoms with Crippen LogP contribution in [-0.4, -0.2) is 32.6 Å². The molecule has 0 bridgehead atoms. The summed E-state index contributed by atoms with van der Waals surface area (Å²) in [5.74, 6) is -1.19. The fourth-order valence-electron chi connectivity index (χ4n) is 1.45. The van der Waals surface area contributed by atoms with E-state index in [9.17, 15) is 13.2 Å². The third-order valence-corrected chi connectivity index (χ3v) is 3.59. The SMILES string of the molecule is CC(C)N(C)c1ccc(S(N)(=O)=O)cc1C(=O)O. The number of anilines is 1. The van der Waals surface area contributed by atoms with Crippen LogP contribution in [0.15, 0.2) is 23.1 Å². The molecule has 18 heavy (non-hydrogen) atoms. The minimum absolute atomic E-state index is 0.0854. The number of hydrogen-bond acceptors (Lipinski definition) is 4. The number of carboxylic acid groups (broad SMARTS) is 1. The fourth-order valence-corrected chi connectivity index (χ4v) is 1.99. The number of rotatable bonds is 4. The second-order valence-corrected chi connectivity index (χ2v) is 5.80. The Bertz CT molecular complexity index is 566. The van der Waals surface area contributed by atoms with Gasteiger partial charge in [0.2, 0.25) is 10.0 Å². The molecular weight excluding hydrogens is 256 g/mol. The molecule has 1 aromatic carbocycles. The highest BCUT2D eigenvalue weighted by Crippen LogP contribution is 2.24. The van der Waals surface area contributed by atoms with Crippen LogP contribution in [0.4, 0.5) is 5.69 Å². The normalized spacial score (nSPS) is 11.6. The number of primary sulfonamides is 1. The van der Waals surface area contributed by atoms with Crippen LogP contribution in [0.5, 0.6) is 0 Å². The van der Waals surface area contributed by atoms with Crippen LogP contribution < -0.4 is 10.0 Å². The van der Waals surface area contributed by atoms with Crippen molar-refractivity contribution in [3.05, 3.63) is 23.8 Å². The number of nitrogens with two attached hydrogens (primary N) is 1. The van der Waals surface area contributed by atoms with E-state index >= 15 is 0 Å². The van der Waals surface area contributed by atoms with Crippen molar-refractivity contribution in [2.75, 3.05) is 11.9 Å². The maximum absolute atomic E-state index is 11.2. The molecule has 6 nitrogen and oxygen atoms in total. The van der Waals surface area contributed by atoms with E-state index in [0.29, 0.717) is 5.69 Å². The Hall–Kier alpha value is -1.60. The molecule has 0 radical (unpaired) electrons. The first-order valence-corrected chi connectivity index (χ1v) is 6.82. The molecule has 0 saturated carbocycles. The second kappa shape index (κ2) is 4.95. The molecule has 7 heteroatoms. The Balaban J connectivity index is 3.43. The van der Waals surface area contributed by atoms with Crippen LogP contribution >= 0.6 is 0 Å². The molecular formula is C11H16N2O4S. The average Bonchev–Trinajstić information content (AvgIpc) is 2.25. The van der Waals surface area contributed by atoms with E-state index in [2.05, 4.69) is 0 Å². The minimum Gasteiger partial charge on any atom is -0.478 e. The van der Waals surface area contributed by atoms with Crippen LogP contribution in [0.25, 0.3) is 0 Å². The summed E-state index contributed by atoms with van der Waals surface area (Å²) >= 11 is 0. The largest absolute Gasteiger partial charge is 0.478 e. The molecule has 0 unspecified atom stereocenters. The van der Waals surface area contributed by atoms with Gasteiger partial charge < -0.3 is 10.0 Å². The van der Waals surface area contributed by atoms with Crippen molar-refractivity contribution < 1.29 is 18.3 Å². The summed E-state index contributed by atoms with van der Waals surface area (Å²) in [6.07, 6.45) is 0. The predicted octanol–water partition coefficient (Wildman–Crippen LogP) is 0.877. The number of nitrogens with zero attached hydrogens (tertiary/aromatic N) is 1. The number of carboxylic acids is 1. The lowest BCUT2D eigenvalue weighted by atomic mass is 10.1. The quantitative estimate of drug-likeness (QED) is 0.847. The van der Waals surface area contributed by atoms with Gasteiger partial charge in [0.15, 0.2) is 0 Å². The van der Waals surface area contributed by atoms with Crippen LogP contribution in [0.2, 0.25) is 0 Å². The zero-order valence-electron chi connectivity index (χ0n) is 10.4. The monoisotopic (exact) mass is 272 g/mol. The molecule has 0 heterocycles. The molecule has 0 amide bonds. The number of hydrogen-bond donors (Lipinski definition) is 2. The number of sulfonamides is 1. The van der Waals surface area contributed by atoms with Crippen molar-refractivity contribution in [1.82, 2.24) is 0 Å². The Kier molecular flexibility index (Phi) is 3.98. The van der Waals surface area contributed by atoms with Crippen LogP contribution in [0.3, 0.4) is 0 Å². The lowest BCUT2D eigenvalue weighted by Gasteiger charge is -2.25. The summed E-state index contributed by atoms with van der Waals surface area (Å²) in [6, 6.07) is 3.91. The molecule has 0 aliphatic carbocycles. The van der Waals surface area contributed by atoms with E-state index in [1.165, 1.54) is 12.1 Å². The van der Waals surface area contributed by atoms with Crippen LogP contribution in [0.1, 0.15) is 24.2 Å². The first kappa shape index (κ1) is 14.5. The van der Waals surface area contributed by atoms with E-state index in [4.69, 9.17) is 10.2 Å². The summed E-state index contributed by atoms with van der Waals surface area (Å²) < 4.78 is 22.4. The average molecular weight is 272 g/mol. The first-order valence-electron chi connectivity index (χ1n) is 5.27. The first-order chi connectivity index (χ1) is 8.14. The highest BCUT2D eigenvalue weighted by atomic mass is 32.2. The standard InChI is InChI=1S/C11H16N2O4S/c1-7(2)13(3)10-5-4-8(18(12,16)17)6-9(10)11(14)15/h4-7H,1-3H3,(H,14,15)(H2,12,16,17). The van der Waals surface area contributed by atoms with E-state index in [0.717, 1.165) is 6.07 Å². The molecule has 0 aliphatic heterocycles. The van der Waals surface area contributed by atoms with Gasteiger partial charge in [-0.05, 0) is 32.0 Å². The van der Waals surface area contributed by atoms with Gasteiger partial charge in [-0.25, -0.2) is 18.4 Å².